The van der Waals surface area contributed by atoms with Gasteiger partial charge in [-0.2, -0.15) is 0 Å². The molecule has 2 aromatic rings. The summed E-state index contributed by atoms with van der Waals surface area (Å²) in [4.78, 5) is 15.4. The molecule has 26 heavy (non-hydrogen) atoms. The van der Waals surface area contributed by atoms with Crippen molar-refractivity contribution in [2.75, 3.05) is 7.11 Å². The maximum atomic E-state index is 11.0. The van der Waals surface area contributed by atoms with Gasteiger partial charge in [0.15, 0.2) is 11.5 Å². The quantitative estimate of drug-likeness (QED) is 0.668. The lowest BCUT2D eigenvalue weighted by Gasteiger charge is -2.17. The van der Waals surface area contributed by atoms with E-state index in [9.17, 15) is 4.79 Å². The monoisotopic (exact) mass is 375 g/mol. The molecule has 0 fully saturated rings. The van der Waals surface area contributed by atoms with E-state index in [0.29, 0.717) is 22.2 Å². The van der Waals surface area contributed by atoms with Gasteiger partial charge in [-0.15, -0.1) is 0 Å². The Balaban J connectivity index is 2.31. The number of hydrogen-bond acceptors (Lipinski definition) is 4. The smallest absolute Gasteiger partial charge is 0.335 e. The van der Waals surface area contributed by atoms with Crippen LogP contribution in [0.5, 0.6) is 11.5 Å². The SMILES string of the molecule is CC[C@H](C)Oc1c(Cl)cc(C=Nc2ccc(C(=O)O)cc2C)cc1OC. The number of carboxylic acid groups (broad SMARTS) is 1. The molecule has 0 saturated heterocycles. The second-order valence-corrected chi connectivity index (χ2v) is 6.34. The number of aromatic carboxylic acids is 1. The van der Waals surface area contributed by atoms with Crippen LogP contribution in [0.4, 0.5) is 5.69 Å². The first kappa shape index (κ1) is 19.8. The van der Waals surface area contributed by atoms with Crippen LogP contribution in [0.25, 0.3) is 0 Å². The third-order valence-electron chi connectivity index (χ3n) is 3.94. The van der Waals surface area contributed by atoms with Crippen molar-refractivity contribution in [3.05, 3.63) is 52.0 Å². The average Bonchev–Trinajstić information content (AvgIpc) is 2.62. The van der Waals surface area contributed by atoms with Crippen LogP contribution < -0.4 is 9.47 Å². The number of aliphatic imine (C=N–C) groups is 1. The van der Waals surface area contributed by atoms with E-state index in [1.165, 1.54) is 6.07 Å². The summed E-state index contributed by atoms with van der Waals surface area (Å²) < 4.78 is 11.2. The third-order valence-corrected chi connectivity index (χ3v) is 4.22. The molecule has 5 nitrogen and oxygen atoms in total. The topological polar surface area (TPSA) is 68.1 Å². The molecule has 0 aliphatic rings. The Morgan fingerprint density at radius 2 is 2.08 bits per heavy atom. The first-order valence-electron chi connectivity index (χ1n) is 8.27. The Labute approximate surface area is 158 Å². The van der Waals surface area contributed by atoms with Gasteiger partial charge in [0.2, 0.25) is 0 Å². The van der Waals surface area contributed by atoms with E-state index in [0.717, 1.165) is 17.5 Å². The number of ether oxygens (including phenoxy) is 2. The van der Waals surface area contributed by atoms with Crippen molar-refractivity contribution in [2.24, 2.45) is 4.99 Å². The fourth-order valence-electron chi connectivity index (χ4n) is 2.29. The van der Waals surface area contributed by atoms with Crippen molar-refractivity contribution < 1.29 is 19.4 Å². The van der Waals surface area contributed by atoms with Crippen molar-refractivity contribution in [1.82, 2.24) is 0 Å². The van der Waals surface area contributed by atoms with Crippen molar-refractivity contribution in [3.8, 4) is 11.5 Å². The van der Waals surface area contributed by atoms with E-state index in [4.69, 9.17) is 26.2 Å². The standard InChI is InChI=1S/C20H22ClNO4/c1-5-13(3)26-19-16(21)9-14(10-18(19)25-4)11-22-17-7-6-15(20(23)24)8-12(17)2/h6-11,13H,5H2,1-4H3,(H,23,24)/t13-/m0/s1. The van der Waals surface area contributed by atoms with Gasteiger partial charge >= 0.3 is 5.97 Å². The van der Waals surface area contributed by atoms with Gasteiger partial charge in [-0.1, -0.05) is 18.5 Å². The van der Waals surface area contributed by atoms with Crippen molar-refractivity contribution in [1.29, 1.82) is 0 Å². The largest absolute Gasteiger partial charge is 0.493 e. The number of carbonyl (C=O) groups is 1. The van der Waals surface area contributed by atoms with Gasteiger partial charge in [-0.05, 0) is 61.7 Å². The number of aryl methyl sites for hydroxylation is 1. The molecule has 138 valence electrons. The molecular weight excluding hydrogens is 354 g/mol. The lowest BCUT2D eigenvalue weighted by Crippen LogP contribution is -2.11. The van der Waals surface area contributed by atoms with Crippen LogP contribution in [-0.4, -0.2) is 30.5 Å². The van der Waals surface area contributed by atoms with Gasteiger partial charge in [0, 0.05) is 6.21 Å². The predicted octanol–water partition coefficient (Wildman–Crippen LogP) is 5.28. The molecule has 0 radical (unpaired) electrons. The Hall–Kier alpha value is -2.53. The molecule has 0 aliphatic carbocycles. The van der Waals surface area contributed by atoms with E-state index >= 15 is 0 Å². The molecule has 0 amide bonds. The molecule has 6 heteroatoms. The second kappa shape index (κ2) is 8.72. The molecule has 0 unspecified atom stereocenters. The van der Waals surface area contributed by atoms with Gasteiger partial charge in [0.1, 0.15) is 0 Å². The van der Waals surface area contributed by atoms with Crippen molar-refractivity contribution in [3.63, 3.8) is 0 Å². The first-order valence-corrected chi connectivity index (χ1v) is 8.65. The van der Waals surface area contributed by atoms with Crippen molar-refractivity contribution in [2.45, 2.75) is 33.3 Å². The van der Waals surface area contributed by atoms with Gasteiger partial charge in [0.25, 0.3) is 0 Å². The number of halogens is 1. The van der Waals surface area contributed by atoms with Crippen LogP contribution >= 0.6 is 11.6 Å². The minimum atomic E-state index is -0.961. The number of benzene rings is 2. The molecule has 0 saturated carbocycles. The zero-order chi connectivity index (χ0) is 19.3. The molecule has 0 spiro atoms. The van der Waals surface area contributed by atoms with Gasteiger partial charge in [-0.3, -0.25) is 4.99 Å². The summed E-state index contributed by atoms with van der Waals surface area (Å²) >= 11 is 6.35. The molecule has 0 aliphatic heterocycles. The Morgan fingerprint density at radius 1 is 1.35 bits per heavy atom. The molecule has 0 heterocycles. The highest BCUT2D eigenvalue weighted by Crippen LogP contribution is 2.37. The van der Waals surface area contributed by atoms with E-state index in [1.807, 2.05) is 20.8 Å². The average molecular weight is 376 g/mol. The Bertz CT molecular complexity index is 833. The zero-order valence-corrected chi connectivity index (χ0v) is 16.0. The summed E-state index contributed by atoms with van der Waals surface area (Å²) in [6, 6.07) is 8.35. The van der Waals surface area contributed by atoms with Crippen LogP contribution in [0.15, 0.2) is 35.3 Å². The lowest BCUT2D eigenvalue weighted by atomic mass is 10.1. The molecule has 2 rings (SSSR count). The summed E-state index contributed by atoms with van der Waals surface area (Å²) in [7, 11) is 1.56. The highest BCUT2D eigenvalue weighted by Gasteiger charge is 2.14. The summed E-state index contributed by atoms with van der Waals surface area (Å²) in [6.45, 7) is 5.81. The summed E-state index contributed by atoms with van der Waals surface area (Å²) in [5.41, 5.74) is 2.45. The zero-order valence-electron chi connectivity index (χ0n) is 15.2. The number of rotatable bonds is 7. The second-order valence-electron chi connectivity index (χ2n) is 5.94. The maximum absolute atomic E-state index is 11.0. The Kier molecular flexibility index (Phi) is 6.64. The molecule has 2 aromatic carbocycles. The van der Waals surface area contributed by atoms with E-state index in [1.54, 1.807) is 37.6 Å². The van der Waals surface area contributed by atoms with Gasteiger partial charge in [0.05, 0.1) is 29.5 Å². The number of carboxylic acids is 1. The highest BCUT2D eigenvalue weighted by molar-refractivity contribution is 6.32. The first-order chi connectivity index (χ1) is 12.3. The molecule has 0 aromatic heterocycles. The minimum Gasteiger partial charge on any atom is -0.493 e. The molecule has 1 atom stereocenters. The van der Waals surface area contributed by atoms with E-state index in [-0.39, 0.29) is 11.7 Å². The number of nitrogens with zero attached hydrogens (tertiary/aromatic N) is 1. The summed E-state index contributed by atoms with van der Waals surface area (Å²) in [6.07, 6.45) is 2.54. The van der Waals surface area contributed by atoms with Crippen LogP contribution in [0.2, 0.25) is 5.02 Å². The minimum absolute atomic E-state index is 0.0244. The fourth-order valence-corrected chi connectivity index (χ4v) is 2.55. The Morgan fingerprint density at radius 3 is 2.65 bits per heavy atom. The van der Waals surface area contributed by atoms with Crippen LogP contribution in [0.1, 0.15) is 41.8 Å². The number of hydrogen-bond donors (Lipinski definition) is 1. The van der Waals surface area contributed by atoms with E-state index < -0.39 is 5.97 Å². The maximum Gasteiger partial charge on any atom is 0.335 e. The summed E-state index contributed by atoms with van der Waals surface area (Å²) in [5, 5.41) is 9.47. The van der Waals surface area contributed by atoms with Crippen LogP contribution in [0.3, 0.4) is 0 Å². The molecule has 0 bridgehead atoms. The molecule has 1 N–H and O–H groups in total. The van der Waals surface area contributed by atoms with Crippen LogP contribution in [-0.2, 0) is 0 Å². The lowest BCUT2D eigenvalue weighted by molar-refractivity contribution is 0.0697. The fraction of sp³-hybridized carbons (Fsp3) is 0.300. The van der Waals surface area contributed by atoms with Crippen molar-refractivity contribution >= 4 is 29.5 Å². The normalized spacial score (nSPS) is 12.2. The van der Waals surface area contributed by atoms with Gasteiger partial charge in [-0.25, -0.2) is 4.79 Å². The number of methoxy groups -OCH3 is 1. The molecular formula is C20H22ClNO4. The van der Waals surface area contributed by atoms with Crippen LogP contribution in [0, 0.1) is 6.92 Å². The van der Waals surface area contributed by atoms with Gasteiger partial charge < -0.3 is 14.6 Å². The summed E-state index contributed by atoms with van der Waals surface area (Å²) in [5.74, 6) is 0.0944. The third kappa shape index (κ3) is 4.76. The van der Waals surface area contributed by atoms with E-state index in [2.05, 4.69) is 4.99 Å². The highest BCUT2D eigenvalue weighted by atomic mass is 35.5. The predicted molar refractivity (Wildman–Crippen MR) is 104 cm³/mol.